The second-order valence-corrected chi connectivity index (χ2v) is 5.53. The van der Waals surface area contributed by atoms with Crippen molar-refractivity contribution >= 4 is 16.4 Å². The topological polar surface area (TPSA) is 68.3 Å². The van der Waals surface area contributed by atoms with Gasteiger partial charge in [-0.25, -0.2) is 0 Å². The van der Waals surface area contributed by atoms with E-state index in [-0.39, 0.29) is 10.8 Å². The van der Waals surface area contributed by atoms with Crippen molar-refractivity contribution in [2.75, 3.05) is 0 Å². The van der Waals surface area contributed by atoms with E-state index in [2.05, 4.69) is 20.8 Å². The lowest BCUT2D eigenvalue weighted by molar-refractivity contribution is -0.128. The molecular formula is C10H16O4S. The summed E-state index contributed by atoms with van der Waals surface area (Å²) < 4.78 is 25.3. The number of Topliss-reactive ketones (excluding diaryl/α,β-unsaturated/α-hetero) is 1. The molecule has 2 rings (SSSR count). The summed E-state index contributed by atoms with van der Waals surface area (Å²) in [6.45, 7) is 6.67. The molecule has 4 nitrogen and oxygen atoms in total. The van der Waals surface area contributed by atoms with Crippen LogP contribution in [0, 0.1) is 16.7 Å². The highest BCUT2D eigenvalue weighted by Crippen LogP contribution is 2.63. The minimum atomic E-state index is -3.11. The first-order valence-corrected chi connectivity index (χ1v) is 6.02. The zero-order valence-electron chi connectivity index (χ0n) is 9.24. The smallest absolute Gasteiger partial charge is 0.299 e. The van der Waals surface area contributed by atoms with Crippen LogP contribution in [0.3, 0.4) is 0 Å². The third-order valence-corrected chi connectivity index (χ3v) is 4.48. The Morgan fingerprint density at radius 1 is 1.20 bits per heavy atom. The van der Waals surface area contributed by atoms with Crippen LogP contribution in [0.1, 0.15) is 40.0 Å². The minimum Gasteiger partial charge on any atom is -0.299 e. The number of ketones is 1. The quantitative estimate of drug-likeness (QED) is 0.633. The first-order chi connectivity index (χ1) is 6.72. The van der Waals surface area contributed by atoms with Crippen LogP contribution in [0.25, 0.3) is 0 Å². The first-order valence-electron chi connectivity index (χ1n) is 5.02. The summed E-state index contributed by atoms with van der Waals surface area (Å²) in [7, 11) is -3.11. The van der Waals surface area contributed by atoms with Gasteiger partial charge >= 0.3 is 10.6 Å². The Bertz CT molecular complexity index is 374. The fourth-order valence-corrected chi connectivity index (χ4v) is 2.90. The lowest BCUT2D eigenvalue weighted by Gasteiger charge is -2.32. The van der Waals surface area contributed by atoms with Gasteiger partial charge in [0.15, 0.2) is 0 Å². The summed E-state index contributed by atoms with van der Waals surface area (Å²) in [6, 6.07) is 0. The predicted molar refractivity (Wildman–Crippen MR) is 53.9 cm³/mol. The summed E-state index contributed by atoms with van der Waals surface area (Å²) in [5, 5.41) is 0. The monoisotopic (exact) mass is 232 g/mol. The maximum absolute atomic E-state index is 11.6. The van der Waals surface area contributed by atoms with E-state index in [9.17, 15) is 4.79 Å². The lowest BCUT2D eigenvalue weighted by atomic mass is 9.70. The van der Waals surface area contributed by atoms with Gasteiger partial charge in [0, 0.05) is 11.8 Å². The highest BCUT2D eigenvalue weighted by atomic mass is 32.2. The molecule has 0 spiro atoms. The lowest BCUT2D eigenvalue weighted by Crippen LogP contribution is -2.32. The average molecular weight is 232 g/mol. The van der Waals surface area contributed by atoms with Gasteiger partial charge in [-0.05, 0) is 24.2 Å². The van der Waals surface area contributed by atoms with Gasteiger partial charge in [0.05, 0.1) is 0 Å². The predicted octanol–water partition coefficient (Wildman–Crippen LogP) is 1.40. The molecule has 2 saturated carbocycles. The van der Waals surface area contributed by atoms with E-state index in [1.807, 2.05) is 0 Å². The van der Waals surface area contributed by atoms with Crippen molar-refractivity contribution in [3.63, 3.8) is 0 Å². The molecule has 2 fully saturated rings. The summed E-state index contributed by atoms with van der Waals surface area (Å²) in [6.07, 6.45) is 3.25. The number of carbonyl (C=O) groups excluding carboxylic acids is 1. The van der Waals surface area contributed by atoms with Crippen molar-refractivity contribution in [1.29, 1.82) is 0 Å². The molecule has 0 amide bonds. The molecule has 0 saturated heterocycles. The zero-order chi connectivity index (χ0) is 11.9. The van der Waals surface area contributed by atoms with E-state index >= 15 is 0 Å². The van der Waals surface area contributed by atoms with Crippen LogP contribution >= 0.6 is 0 Å². The van der Waals surface area contributed by atoms with Crippen molar-refractivity contribution in [2.24, 2.45) is 16.7 Å². The molecule has 0 heterocycles. The Hall–Kier alpha value is -0.710. The molecule has 0 aromatic rings. The average Bonchev–Trinajstić information content (AvgIpc) is 2.36. The Kier molecular flexibility index (Phi) is 3.05. The van der Waals surface area contributed by atoms with Gasteiger partial charge in [0.1, 0.15) is 5.78 Å². The third kappa shape index (κ3) is 1.85. The second kappa shape index (κ2) is 3.70. The largest absolute Gasteiger partial charge is 0.425 e. The fraction of sp³-hybridized carbons (Fsp3) is 0.900. The van der Waals surface area contributed by atoms with Crippen molar-refractivity contribution in [1.82, 2.24) is 0 Å². The van der Waals surface area contributed by atoms with Crippen LogP contribution in [0.2, 0.25) is 0 Å². The van der Waals surface area contributed by atoms with E-state index < -0.39 is 10.6 Å². The Balaban J connectivity index is 0.000000245. The molecule has 0 aromatic heterocycles. The molecule has 5 heteroatoms. The molecular weight excluding hydrogens is 216 g/mol. The number of rotatable bonds is 0. The first kappa shape index (κ1) is 12.4. The van der Waals surface area contributed by atoms with Gasteiger partial charge in [0.2, 0.25) is 0 Å². The molecule has 0 radical (unpaired) electrons. The fourth-order valence-electron chi connectivity index (χ4n) is 2.90. The molecule has 1 unspecified atom stereocenters. The van der Waals surface area contributed by atoms with Crippen LogP contribution < -0.4 is 0 Å². The molecule has 2 bridgehead atoms. The van der Waals surface area contributed by atoms with Gasteiger partial charge in [-0.3, -0.25) is 4.79 Å². The maximum Gasteiger partial charge on any atom is 0.425 e. The van der Waals surface area contributed by atoms with Gasteiger partial charge < -0.3 is 0 Å². The van der Waals surface area contributed by atoms with Crippen molar-refractivity contribution in [3.8, 4) is 0 Å². The Morgan fingerprint density at radius 3 is 1.80 bits per heavy atom. The van der Waals surface area contributed by atoms with Crippen LogP contribution in [-0.2, 0) is 15.4 Å². The van der Waals surface area contributed by atoms with E-state index in [1.54, 1.807) is 0 Å². The summed E-state index contributed by atoms with van der Waals surface area (Å²) in [5.41, 5.74) is 0.307. The van der Waals surface area contributed by atoms with Crippen molar-refractivity contribution in [2.45, 2.75) is 40.0 Å². The second-order valence-electron chi connectivity index (χ2n) is 5.12. The zero-order valence-corrected chi connectivity index (χ0v) is 10.1. The van der Waals surface area contributed by atoms with Gasteiger partial charge in [-0.2, -0.15) is 0 Å². The molecule has 0 N–H and O–H groups in total. The third-order valence-electron chi connectivity index (χ3n) is 4.48. The summed E-state index contributed by atoms with van der Waals surface area (Å²) >= 11 is 0. The van der Waals surface area contributed by atoms with E-state index in [0.29, 0.717) is 11.7 Å². The molecule has 0 aliphatic heterocycles. The van der Waals surface area contributed by atoms with E-state index in [0.717, 1.165) is 12.8 Å². The molecule has 2 atom stereocenters. The Labute approximate surface area is 91.1 Å². The normalized spacial score (nSPS) is 35.9. The number of carbonyl (C=O) groups is 1. The van der Waals surface area contributed by atoms with Crippen LogP contribution in [0.5, 0.6) is 0 Å². The summed E-state index contributed by atoms with van der Waals surface area (Å²) in [5.74, 6) is 1.19. The standard InChI is InChI=1S/C10H16O.O3S/c1-9(2)7-4-5-10(9,3)8(11)6-7;1-4(2)3/h7H,4-6H2,1-3H3;/t7?,10-;/m1./s1. The SMILES string of the molecule is CC1(C)C2CC[C@]1(C)C(=O)C2.O=S(=O)=O. The molecule has 86 valence electrons. The molecule has 15 heavy (non-hydrogen) atoms. The summed E-state index contributed by atoms with van der Waals surface area (Å²) in [4.78, 5) is 11.6. The van der Waals surface area contributed by atoms with Gasteiger partial charge in [-0.1, -0.05) is 20.8 Å². The van der Waals surface area contributed by atoms with Crippen LogP contribution in [0.4, 0.5) is 0 Å². The van der Waals surface area contributed by atoms with E-state index in [4.69, 9.17) is 12.6 Å². The molecule has 2 aliphatic rings. The maximum atomic E-state index is 11.6. The van der Waals surface area contributed by atoms with Gasteiger partial charge in [-0.15, -0.1) is 12.6 Å². The van der Waals surface area contributed by atoms with Gasteiger partial charge in [0.25, 0.3) is 0 Å². The molecule has 2 aliphatic carbocycles. The number of hydrogen-bond acceptors (Lipinski definition) is 4. The van der Waals surface area contributed by atoms with Crippen molar-refractivity contribution < 1.29 is 17.4 Å². The van der Waals surface area contributed by atoms with Crippen LogP contribution in [0.15, 0.2) is 0 Å². The van der Waals surface area contributed by atoms with Crippen molar-refractivity contribution in [3.05, 3.63) is 0 Å². The Morgan fingerprint density at radius 2 is 1.67 bits per heavy atom. The highest BCUT2D eigenvalue weighted by Gasteiger charge is 2.61. The minimum absolute atomic E-state index is 0.0255. The highest BCUT2D eigenvalue weighted by molar-refractivity contribution is 7.59. The van der Waals surface area contributed by atoms with Crippen LogP contribution in [-0.4, -0.2) is 18.4 Å². The van der Waals surface area contributed by atoms with E-state index in [1.165, 1.54) is 6.42 Å². The molecule has 0 aromatic carbocycles. The number of fused-ring (bicyclic) bond motifs is 2. The number of hydrogen-bond donors (Lipinski definition) is 0.